The van der Waals surface area contributed by atoms with Gasteiger partial charge in [0, 0.05) is 0 Å². The highest BCUT2D eigenvalue weighted by Gasteiger charge is 2.47. The van der Waals surface area contributed by atoms with E-state index in [2.05, 4.69) is 0 Å². The van der Waals surface area contributed by atoms with Crippen molar-refractivity contribution in [3.8, 4) is 5.75 Å². The summed E-state index contributed by atoms with van der Waals surface area (Å²) in [5, 5.41) is 0. The molecule has 5 aromatic rings. The van der Waals surface area contributed by atoms with Gasteiger partial charge in [-0.15, -0.1) is 0 Å². The number of hydrogen-bond acceptors (Lipinski definition) is 2. The topological polar surface area (TPSA) is 26.3 Å². The van der Waals surface area contributed by atoms with Gasteiger partial charge in [-0.25, -0.2) is 0 Å². The van der Waals surface area contributed by atoms with E-state index in [0.29, 0.717) is 5.75 Å². The predicted molar refractivity (Wildman–Crippen MR) is 197 cm³/mol. The standard InChI is InChI=1S/C32H12BF24.C8H11O2S/c34-25(35,36)13-1-14(26(37,38)39)6-21(5-13)33(22-7-15(27(40,41)42)2-16(8-22)28(43,44)45,23-9-17(29(46,47)48)3-18(10-23)30(49,50)51)24-11-19(31(52,53)54)4-20(12-24)32(55,56)57;1-11(2,9)10-8-6-4-3-5-7-8/h1-12H;3-7H,1-2H3/q-1;+1. The van der Waals surface area contributed by atoms with E-state index >= 15 is 0 Å². The Bertz CT molecular complexity index is 2210. The molecule has 0 bridgehead atoms. The van der Waals surface area contributed by atoms with Gasteiger partial charge < -0.3 is 0 Å². The molecule has 68 heavy (non-hydrogen) atoms. The normalized spacial score (nSPS) is 13.8. The van der Waals surface area contributed by atoms with Gasteiger partial charge in [-0.2, -0.15) is 127 Å². The van der Waals surface area contributed by atoms with Crippen LogP contribution in [0.5, 0.6) is 5.75 Å². The van der Waals surface area contributed by atoms with E-state index in [4.69, 9.17) is 4.18 Å². The molecule has 0 saturated carbocycles. The molecule has 0 aliphatic carbocycles. The lowest BCUT2D eigenvalue weighted by Gasteiger charge is -2.46. The second kappa shape index (κ2) is 18.1. The quantitative estimate of drug-likeness (QED) is 0.0962. The Morgan fingerprint density at radius 1 is 0.324 bits per heavy atom. The summed E-state index contributed by atoms with van der Waals surface area (Å²) in [6.45, 7) is 0. The fourth-order valence-corrected chi connectivity index (χ4v) is 7.35. The Hall–Kier alpha value is -5.57. The number of para-hydroxylation sites is 1. The van der Waals surface area contributed by atoms with Gasteiger partial charge in [-0.05, 0) is 36.4 Å². The van der Waals surface area contributed by atoms with Crippen LogP contribution >= 0.6 is 0 Å². The van der Waals surface area contributed by atoms with Crippen LogP contribution < -0.4 is 26.0 Å². The zero-order valence-electron chi connectivity index (χ0n) is 33.2. The summed E-state index contributed by atoms with van der Waals surface area (Å²) >= 11 is 0. The third kappa shape index (κ3) is 13.1. The molecule has 0 aliphatic rings. The van der Waals surface area contributed by atoms with Crippen molar-refractivity contribution in [2.75, 3.05) is 12.5 Å². The molecule has 0 aliphatic heterocycles. The van der Waals surface area contributed by atoms with E-state index < -0.39 is 205 Å². The van der Waals surface area contributed by atoms with Crippen molar-refractivity contribution in [2.45, 2.75) is 49.4 Å². The maximum absolute atomic E-state index is 14.2. The van der Waals surface area contributed by atoms with Crippen LogP contribution in [0.15, 0.2) is 103 Å². The minimum Gasteiger partial charge on any atom is -0.287 e. The molecule has 0 saturated heterocycles. The first-order valence-electron chi connectivity index (χ1n) is 17.9. The maximum Gasteiger partial charge on any atom is 0.416 e. The summed E-state index contributed by atoms with van der Waals surface area (Å²) in [4.78, 5) is 0. The first kappa shape index (κ1) is 55.0. The van der Waals surface area contributed by atoms with Crippen molar-refractivity contribution in [2.24, 2.45) is 0 Å². The molecule has 5 rings (SSSR count). The van der Waals surface area contributed by atoms with Crippen molar-refractivity contribution in [1.82, 2.24) is 0 Å². The highest BCUT2D eigenvalue weighted by molar-refractivity contribution is 7.97. The molecule has 0 aromatic heterocycles. The van der Waals surface area contributed by atoms with Crippen LogP contribution in [0.2, 0.25) is 0 Å². The van der Waals surface area contributed by atoms with E-state index in [1.54, 1.807) is 24.6 Å². The van der Waals surface area contributed by atoms with Crippen molar-refractivity contribution >= 4 is 38.2 Å². The van der Waals surface area contributed by atoms with Crippen LogP contribution in [0, 0.1) is 0 Å². The molecule has 0 amide bonds. The SMILES string of the molecule is C[S+](C)(=O)Oc1ccccc1.FC(F)(F)c1cc([B-](c2cc(C(F)(F)F)cc(C(F)(F)F)c2)(c2cc(C(F)(F)F)cc(C(F)(F)F)c2)c2cc(C(F)(F)F)cc(C(F)(F)F)c2)cc(C(F)(F)F)c1. The maximum atomic E-state index is 14.2. The predicted octanol–water partition coefficient (Wildman–Crippen LogP) is 13.0. The lowest BCUT2D eigenvalue weighted by Crippen LogP contribution is -2.75. The molecule has 0 atom stereocenters. The van der Waals surface area contributed by atoms with E-state index in [0.717, 1.165) is 0 Å². The number of benzene rings is 5. The Morgan fingerprint density at radius 2 is 0.500 bits per heavy atom. The first-order chi connectivity index (χ1) is 30.3. The van der Waals surface area contributed by atoms with Gasteiger partial charge in [-0.3, -0.25) is 4.18 Å². The molecular formula is C40H23BF24O2S. The van der Waals surface area contributed by atoms with Crippen molar-refractivity contribution in [3.05, 3.63) is 148 Å². The average Bonchev–Trinajstić information content (AvgIpc) is 3.15. The van der Waals surface area contributed by atoms with Gasteiger partial charge in [0.1, 0.15) is 18.7 Å². The van der Waals surface area contributed by atoms with Crippen molar-refractivity contribution in [3.63, 3.8) is 0 Å². The molecule has 0 spiro atoms. The van der Waals surface area contributed by atoms with E-state index in [9.17, 15) is 110 Å². The lowest BCUT2D eigenvalue weighted by molar-refractivity contribution is -0.144. The van der Waals surface area contributed by atoms with Crippen LogP contribution in [0.4, 0.5) is 105 Å². The summed E-state index contributed by atoms with van der Waals surface area (Å²) in [5.41, 5.74) is -30.2. The van der Waals surface area contributed by atoms with Crippen molar-refractivity contribution in [1.29, 1.82) is 0 Å². The molecular weight excluding hydrogens is 1010 g/mol. The van der Waals surface area contributed by atoms with E-state index in [1.165, 1.54) is 0 Å². The molecule has 0 unspecified atom stereocenters. The molecule has 0 N–H and O–H groups in total. The van der Waals surface area contributed by atoms with Crippen LogP contribution in [-0.2, 0) is 63.8 Å². The van der Waals surface area contributed by atoms with E-state index in [1.807, 2.05) is 18.2 Å². The minimum absolute atomic E-state index is 0.655. The molecule has 2 nitrogen and oxygen atoms in total. The zero-order chi connectivity index (χ0) is 52.2. The number of alkyl halides is 24. The minimum atomic E-state index is -6.13. The largest absolute Gasteiger partial charge is 0.416 e. The van der Waals surface area contributed by atoms with Gasteiger partial charge in [0.05, 0.1) is 44.5 Å². The Labute approximate surface area is 367 Å². The van der Waals surface area contributed by atoms with Crippen LogP contribution in [0.25, 0.3) is 0 Å². The van der Waals surface area contributed by atoms with E-state index in [-0.39, 0.29) is 0 Å². The van der Waals surface area contributed by atoms with Crippen LogP contribution in [-0.4, -0.2) is 18.7 Å². The third-order valence-electron chi connectivity index (χ3n) is 9.48. The van der Waals surface area contributed by atoms with Crippen LogP contribution in [0.1, 0.15) is 44.5 Å². The zero-order valence-corrected chi connectivity index (χ0v) is 34.0. The number of halogens is 24. The third-order valence-corrected chi connectivity index (χ3v) is 10.1. The second-order valence-corrected chi connectivity index (χ2v) is 17.2. The fraction of sp³-hybridized carbons (Fsp3) is 0.250. The highest BCUT2D eigenvalue weighted by atomic mass is 32.3. The Morgan fingerprint density at radius 3 is 0.647 bits per heavy atom. The number of hydrogen-bond donors (Lipinski definition) is 0. The second-order valence-electron chi connectivity index (χ2n) is 14.8. The lowest BCUT2D eigenvalue weighted by atomic mass is 9.12. The average molecular weight is 1030 g/mol. The van der Waals surface area contributed by atoms with Gasteiger partial charge >= 0.3 is 49.4 Å². The molecule has 0 radical (unpaired) electrons. The Balaban J connectivity index is 0.000000802. The summed E-state index contributed by atoms with van der Waals surface area (Å²) in [5.74, 6) is 0.655. The molecule has 0 fully saturated rings. The first-order valence-corrected chi connectivity index (χ1v) is 20.2. The molecule has 0 heterocycles. The number of rotatable bonds is 6. The summed E-state index contributed by atoms with van der Waals surface area (Å²) in [7, 11) is -2.13. The van der Waals surface area contributed by atoms with Gasteiger partial charge in [0.15, 0.2) is 5.75 Å². The van der Waals surface area contributed by atoms with Gasteiger partial charge in [0.2, 0.25) is 0 Å². The monoisotopic (exact) mass is 1030 g/mol. The highest BCUT2D eigenvalue weighted by Crippen LogP contribution is 2.41. The molecule has 5 aromatic carbocycles. The summed E-state index contributed by atoms with van der Waals surface area (Å²) < 4.78 is 357. The van der Waals surface area contributed by atoms with Gasteiger partial charge in [-0.1, -0.05) is 70.9 Å². The van der Waals surface area contributed by atoms with Crippen molar-refractivity contribution < 1.29 is 114 Å². The smallest absolute Gasteiger partial charge is 0.287 e. The molecule has 372 valence electrons. The summed E-state index contributed by atoms with van der Waals surface area (Å²) in [6, 6.07) is 0.343. The van der Waals surface area contributed by atoms with Crippen LogP contribution in [0.3, 0.4) is 0 Å². The Kier molecular flexibility index (Phi) is 14.6. The molecule has 28 heteroatoms. The summed E-state index contributed by atoms with van der Waals surface area (Å²) in [6.07, 6.45) is -51.7. The van der Waals surface area contributed by atoms with Gasteiger partial charge in [0.25, 0.3) is 10.2 Å². The fourth-order valence-electron chi connectivity index (χ4n) is 6.78.